The lowest BCUT2D eigenvalue weighted by atomic mass is 10.0. The summed E-state index contributed by atoms with van der Waals surface area (Å²) in [5, 5.41) is 0.610. The van der Waals surface area contributed by atoms with Crippen LogP contribution >= 0.6 is 23.2 Å². The van der Waals surface area contributed by atoms with Gasteiger partial charge in [-0.3, -0.25) is 0 Å². The van der Waals surface area contributed by atoms with Gasteiger partial charge < -0.3 is 11.5 Å². The number of aromatic nitrogens is 2. The summed E-state index contributed by atoms with van der Waals surface area (Å²) in [7, 11) is 0. The number of nitrogens with two attached hydrogens (primary N) is 2. The summed E-state index contributed by atoms with van der Waals surface area (Å²) >= 11 is 12.1. The number of anilines is 2. The van der Waals surface area contributed by atoms with Crippen LogP contribution in [0.4, 0.5) is 16.2 Å². The molecule has 1 aromatic heterocycles. The van der Waals surface area contributed by atoms with Crippen LogP contribution in [0.3, 0.4) is 0 Å². The van der Waals surface area contributed by atoms with E-state index < -0.39 is 6.17 Å². The molecule has 0 saturated carbocycles. The summed E-state index contributed by atoms with van der Waals surface area (Å²) in [4.78, 5) is 7.73. The summed E-state index contributed by atoms with van der Waals surface area (Å²) < 4.78 is 13.7. The minimum atomic E-state index is -1.36. The third-order valence-electron chi connectivity index (χ3n) is 2.58. The highest BCUT2D eigenvalue weighted by molar-refractivity contribution is 6.43. The molecule has 2 aromatic rings. The van der Waals surface area contributed by atoms with Crippen LogP contribution in [0.25, 0.3) is 11.1 Å². The first-order chi connectivity index (χ1) is 8.91. The molecule has 7 heteroatoms. The number of hydrogen-bond acceptors (Lipinski definition) is 4. The van der Waals surface area contributed by atoms with E-state index in [0.29, 0.717) is 16.1 Å². The fraction of sp³-hybridized carbons (Fsp3) is 0.167. The van der Waals surface area contributed by atoms with Gasteiger partial charge in [0.2, 0.25) is 5.95 Å². The Bertz CT molecular complexity index is 631. The summed E-state index contributed by atoms with van der Waals surface area (Å²) in [6.07, 6.45) is -1.36. The minimum Gasteiger partial charge on any atom is -0.383 e. The van der Waals surface area contributed by atoms with Gasteiger partial charge in [0.25, 0.3) is 0 Å². The Morgan fingerprint density at radius 1 is 1.21 bits per heavy atom. The van der Waals surface area contributed by atoms with Crippen molar-refractivity contribution in [3.8, 4) is 11.1 Å². The Labute approximate surface area is 119 Å². The van der Waals surface area contributed by atoms with Gasteiger partial charge >= 0.3 is 0 Å². The smallest absolute Gasteiger partial charge is 0.222 e. The average molecular weight is 301 g/mol. The maximum atomic E-state index is 13.7. The van der Waals surface area contributed by atoms with Gasteiger partial charge in [-0.25, -0.2) is 9.37 Å². The van der Waals surface area contributed by atoms with Crippen LogP contribution < -0.4 is 11.5 Å². The molecule has 0 spiro atoms. The Hall–Kier alpha value is -1.59. The van der Waals surface area contributed by atoms with E-state index in [1.165, 1.54) is 6.92 Å². The first kappa shape index (κ1) is 13.8. The molecule has 2 rings (SSSR count). The van der Waals surface area contributed by atoms with Crippen LogP contribution in [0.15, 0.2) is 18.2 Å². The number of alkyl halides is 1. The van der Waals surface area contributed by atoms with Crippen molar-refractivity contribution in [3.05, 3.63) is 33.9 Å². The van der Waals surface area contributed by atoms with Crippen molar-refractivity contribution in [2.75, 3.05) is 11.5 Å². The van der Waals surface area contributed by atoms with Crippen LogP contribution in [0.2, 0.25) is 10.0 Å². The lowest BCUT2D eigenvalue weighted by molar-refractivity contribution is 0.367. The molecule has 0 aliphatic heterocycles. The number of nitrogen functional groups attached to an aromatic ring is 2. The van der Waals surface area contributed by atoms with Crippen molar-refractivity contribution < 1.29 is 4.39 Å². The molecule has 0 amide bonds. The van der Waals surface area contributed by atoms with E-state index in [9.17, 15) is 4.39 Å². The van der Waals surface area contributed by atoms with E-state index in [1.54, 1.807) is 18.2 Å². The van der Waals surface area contributed by atoms with Crippen LogP contribution in [0, 0.1) is 0 Å². The summed E-state index contributed by atoms with van der Waals surface area (Å²) in [5.41, 5.74) is 12.2. The Morgan fingerprint density at radius 2 is 1.89 bits per heavy atom. The largest absolute Gasteiger partial charge is 0.383 e. The van der Waals surface area contributed by atoms with E-state index in [1.807, 2.05) is 0 Å². The van der Waals surface area contributed by atoms with Crippen LogP contribution in [-0.2, 0) is 0 Å². The SMILES string of the molecule is CC(F)c1nc(N)nc(N)c1-c1cccc(Cl)c1Cl. The molecule has 1 aromatic carbocycles. The number of nitrogens with zero attached hydrogens (tertiary/aromatic N) is 2. The topological polar surface area (TPSA) is 77.8 Å². The molecular weight excluding hydrogens is 290 g/mol. The van der Waals surface area contributed by atoms with Crippen LogP contribution in [0.5, 0.6) is 0 Å². The van der Waals surface area contributed by atoms with Crippen molar-refractivity contribution in [3.63, 3.8) is 0 Å². The second-order valence-electron chi connectivity index (χ2n) is 3.94. The molecule has 4 N–H and O–H groups in total. The van der Waals surface area contributed by atoms with Crippen LogP contribution in [-0.4, -0.2) is 9.97 Å². The minimum absolute atomic E-state index is 0.0659. The van der Waals surface area contributed by atoms with Crippen molar-refractivity contribution >= 4 is 35.0 Å². The fourth-order valence-corrected chi connectivity index (χ4v) is 2.17. The molecule has 0 aliphatic carbocycles. The Balaban J connectivity index is 2.78. The maximum absolute atomic E-state index is 13.7. The molecule has 0 fully saturated rings. The van der Waals surface area contributed by atoms with Gasteiger partial charge in [-0.2, -0.15) is 4.98 Å². The van der Waals surface area contributed by atoms with Crippen molar-refractivity contribution in [2.45, 2.75) is 13.1 Å². The molecule has 1 heterocycles. The zero-order valence-corrected chi connectivity index (χ0v) is 11.5. The van der Waals surface area contributed by atoms with Gasteiger partial charge in [0.05, 0.1) is 21.3 Å². The molecule has 1 atom stereocenters. The van der Waals surface area contributed by atoms with Crippen molar-refractivity contribution in [1.29, 1.82) is 0 Å². The Kier molecular flexibility index (Phi) is 3.78. The molecule has 19 heavy (non-hydrogen) atoms. The van der Waals surface area contributed by atoms with Gasteiger partial charge in [0, 0.05) is 5.56 Å². The molecule has 1 unspecified atom stereocenters. The van der Waals surface area contributed by atoms with E-state index in [2.05, 4.69) is 9.97 Å². The van der Waals surface area contributed by atoms with E-state index in [0.717, 1.165) is 0 Å². The maximum Gasteiger partial charge on any atom is 0.222 e. The van der Waals surface area contributed by atoms with E-state index in [4.69, 9.17) is 34.7 Å². The molecule has 100 valence electrons. The monoisotopic (exact) mass is 300 g/mol. The van der Waals surface area contributed by atoms with Gasteiger partial charge in [0.15, 0.2) is 0 Å². The van der Waals surface area contributed by atoms with E-state index in [-0.39, 0.29) is 22.5 Å². The van der Waals surface area contributed by atoms with Gasteiger partial charge in [0.1, 0.15) is 12.0 Å². The standard InChI is InChI=1S/C12H11Cl2FN4/c1-5(15)10-8(11(16)19-12(17)18-10)6-3-2-4-7(13)9(6)14/h2-5H,1H3,(H4,16,17,18,19). The first-order valence-electron chi connectivity index (χ1n) is 5.43. The fourth-order valence-electron chi connectivity index (χ4n) is 1.78. The molecule has 0 aliphatic rings. The zero-order valence-electron chi connectivity index (χ0n) is 9.99. The van der Waals surface area contributed by atoms with Crippen molar-refractivity contribution in [1.82, 2.24) is 9.97 Å². The number of hydrogen-bond donors (Lipinski definition) is 2. The predicted molar refractivity (Wildman–Crippen MR) is 75.8 cm³/mol. The highest BCUT2D eigenvalue weighted by Gasteiger charge is 2.20. The summed E-state index contributed by atoms with van der Waals surface area (Å²) in [5.74, 6) is -0.0185. The number of benzene rings is 1. The highest BCUT2D eigenvalue weighted by atomic mass is 35.5. The third kappa shape index (κ3) is 2.57. The molecule has 4 nitrogen and oxygen atoms in total. The molecule has 0 bridgehead atoms. The normalized spacial score (nSPS) is 12.4. The first-order valence-corrected chi connectivity index (χ1v) is 6.18. The van der Waals surface area contributed by atoms with Gasteiger partial charge in [-0.15, -0.1) is 0 Å². The van der Waals surface area contributed by atoms with Crippen LogP contribution in [0.1, 0.15) is 18.8 Å². The lowest BCUT2D eigenvalue weighted by Gasteiger charge is -2.14. The quantitative estimate of drug-likeness (QED) is 0.887. The highest BCUT2D eigenvalue weighted by Crippen LogP contribution is 2.39. The zero-order chi connectivity index (χ0) is 14.2. The number of rotatable bonds is 2. The van der Waals surface area contributed by atoms with Gasteiger partial charge in [-0.05, 0) is 13.0 Å². The summed E-state index contributed by atoms with van der Waals surface area (Å²) in [6.45, 7) is 1.34. The average Bonchev–Trinajstić information content (AvgIpc) is 2.32. The second kappa shape index (κ2) is 5.19. The third-order valence-corrected chi connectivity index (χ3v) is 3.40. The van der Waals surface area contributed by atoms with E-state index >= 15 is 0 Å². The summed E-state index contributed by atoms with van der Waals surface area (Å²) in [6, 6.07) is 4.98. The van der Waals surface area contributed by atoms with Gasteiger partial charge in [-0.1, -0.05) is 35.3 Å². The molecular formula is C12H11Cl2FN4. The Morgan fingerprint density at radius 3 is 2.53 bits per heavy atom. The number of halogens is 3. The van der Waals surface area contributed by atoms with Crippen molar-refractivity contribution in [2.24, 2.45) is 0 Å². The lowest BCUT2D eigenvalue weighted by Crippen LogP contribution is -2.07. The predicted octanol–water partition coefficient (Wildman–Crippen LogP) is 3.65. The molecule has 0 radical (unpaired) electrons. The second-order valence-corrected chi connectivity index (χ2v) is 4.73. The molecule has 0 saturated heterocycles.